The standard InChI is InChI=1S/C23H29ClN6O6/c1-15(28-30(34)19-9-6-5-8-17(19)29-33)26-21(31)27-18-14-16(24)10-11-20(18)35-13-7-12-25-22(32)36-23(2,3)4/h5-6,8-11,14H,1,7,12-13,29H2,2-4H3,(H,25,32)(H2,26,27,31)/b30-28+. The zero-order valence-electron chi connectivity index (χ0n) is 20.2. The molecule has 5 N–H and O–H groups in total. The Morgan fingerprint density at radius 2 is 1.94 bits per heavy atom. The van der Waals surface area contributed by atoms with Gasteiger partial charge in [-0.2, -0.15) is 0 Å². The van der Waals surface area contributed by atoms with Gasteiger partial charge in [0.05, 0.1) is 12.3 Å². The van der Waals surface area contributed by atoms with Crippen molar-refractivity contribution in [1.82, 2.24) is 10.6 Å². The molecule has 0 atom stereocenters. The van der Waals surface area contributed by atoms with Crippen molar-refractivity contribution in [3.63, 3.8) is 0 Å². The third-order valence-electron chi connectivity index (χ3n) is 4.18. The molecule has 2 rings (SSSR count). The van der Waals surface area contributed by atoms with Crippen molar-refractivity contribution in [2.45, 2.75) is 32.8 Å². The molecule has 0 unspecified atom stereocenters. The van der Waals surface area contributed by atoms with Gasteiger partial charge in [0.1, 0.15) is 11.4 Å². The predicted octanol–water partition coefficient (Wildman–Crippen LogP) is 4.21. The molecule has 0 heterocycles. The Morgan fingerprint density at radius 3 is 2.64 bits per heavy atom. The zero-order valence-corrected chi connectivity index (χ0v) is 20.9. The zero-order chi connectivity index (χ0) is 26.7. The van der Waals surface area contributed by atoms with E-state index in [0.29, 0.717) is 29.2 Å². The monoisotopic (exact) mass is 520 g/mol. The number of quaternary nitrogens is 1. The molecular formula is C23H29ClN6O6. The van der Waals surface area contributed by atoms with Crippen LogP contribution in [0.4, 0.5) is 26.7 Å². The van der Waals surface area contributed by atoms with Gasteiger partial charge in [-0.05, 0) is 56.8 Å². The summed E-state index contributed by atoms with van der Waals surface area (Å²) in [6, 6.07) is 9.94. The van der Waals surface area contributed by atoms with E-state index in [9.17, 15) is 20.0 Å². The highest BCUT2D eigenvalue weighted by molar-refractivity contribution is 6.31. The highest BCUT2D eigenvalue weighted by atomic mass is 35.5. The topological polar surface area (TPSA) is 167 Å². The summed E-state index contributed by atoms with van der Waals surface area (Å²) >= 11 is 6.04. The molecule has 0 bridgehead atoms. The van der Waals surface area contributed by atoms with E-state index < -0.39 is 17.7 Å². The van der Waals surface area contributed by atoms with Crippen molar-refractivity contribution >= 4 is 40.8 Å². The van der Waals surface area contributed by atoms with Crippen LogP contribution in [0.3, 0.4) is 0 Å². The van der Waals surface area contributed by atoms with Crippen LogP contribution in [0.15, 0.2) is 60.0 Å². The second-order valence-corrected chi connectivity index (χ2v) is 8.78. The molecule has 0 aromatic heterocycles. The highest BCUT2D eigenvalue weighted by Gasteiger charge is 2.16. The average Bonchev–Trinajstić information content (AvgIpc) is 2.78. The number of rotatable bonds is 10. The van der Waals surface area contributed by atoms with Crippen molar-refractivity contribution < 1.29 is 29.4 Å². The third kappa shape index (κ3) is 9.78. The smallest absolute Gasteiger partial charge is 0.407 e. The Bertz CT molecular complexity index is 1120. The maximum absolute atomic E-state index is 12.4. The Morgan fingerprint density at radius 1 is 1.22 bits per heavy atom. The molecular weight excluding hydrogens is 492 g/mol. The predicted molar refractivity (Wildman–Crippen MR) is 134 cm³/mol. The van der Waals surface area contributed by atoms with E-state index in [2.05, 4.69) is 27.6 Å². The molecule has 2 aromatic carbocycles. The van der Waals surface area contributed by atoms with E-state index >= 15 is 0 Å². The molecule has 0 saturated heterocycles. The molecule has 0 aliphatic rings. The van der Waals surface area contributed by atoms with Gasteiger partial charge in [0.15, 0.2) is 5.82 Å². The van der Waals surface area contributed by atoms with Gasteiger partial charge in [0, 0.05) is 28.8 Å². The number of anilines is 1. The van der Waals surface area contributed by atoms with E-state index in [4.69, 9.17) is 21.1 Å². The normalized spacial score (nSPS) is 11.4. The molecule has 3 amide bonds. The van der Waals surface area contributed by atoms with Crippen molar-refractivity contribution in [2.75, 3.05) is 18.5 Å². The number of nitrogens with one attached hydrogen (secondary N) is 3. The highest BCUT2D eigenvalue weighted by Crippen LogP contribution is 2.28. The number of para-hydroxylation sites is 1. The van der Waals surface area contributed by atoms with E-state index in [0.717, 1.165) is 0 Å². The Labute approximate surface area is 213 Å². The van der Waals surface area contributed by atoms with Gasteiger partial charge >= 0.3 is 17.8 Å². The van der Waals surface area contributed by atoms with Crippen molar-refractivity contribution in [2.24, 2.45) is 5.11 Å². The molecule has 194 valence electrons. The Hall–Kier alpha value is -3.87. The first-order valence-electron chi connectivity index (χ1n) is 10.9. The number of nitrogens with two attached hydrogens (primary N) is 1. The maximum Gasteiger partial charge on any atom is 0.407 e. The van der Waals surface area contributed by atoms with E-state index in [1.807, 2.05) is 0 Å². The van der Waals surface area contributed by atoms with E-state index in [1.165, 1.54) is 18.2 Å². The molecule has 0 aliphatic heterocycles. The number of carbonyl (C=O) groups is 2. The number of hydrogen-bond donors (Lipinski definition) is 4. The minimum Gasteiger partial charge on any atom is -0.630 e. The number of amides is 3. The van der Waals surface area contributed by atoms with E-state index in [1.54, 1.807) is 45.0 Å². The summed E-state index contributed by atoms with van der Waals surface area (Å²) < 4.78 is 10.9. The third-order valence-corrected chi connectivity index (χ3v) is 4.41. The van der Waals surface area contributed by atoms with Gasteiger partial charge in [-0.1, -0.05) is 23.7 Å². The lowest BCUT2D eigenvalue weighted by Gasteiger charge is -2.19. The minimum atomic E-state index is -0.750. The van der Waals surface area contributed by atoms with Gasteiger partial charge in [0.25, 0.3) is 0 Å². The first kappa shape index (κ1) is 28.4. The van der Waals surface area contributed by atoms with Gasteiger partial charge < -0.3 is 36.0 Å². The molecule has 0 aliphatic carbocycles. The number of carbonyl (C=O) groups excluding carboxylic acids is 2. The van der Waals surface area contributed by atoms with E-state index in [-0.39, 0.29) is 34.4 Å². The SMILES string of the molecule is C=C(/N=[N+](/[O-])c1ccccc1[NH2+][O-])NC(=O)Nc1cc(Cl)ccc1OCCCNC(=O)OC(C)(C)C. The van der Waals surface area contributed by atoms with Gasteiger partial charge in [-0.3, -0.25) is 5.32 Å². The lowest BCUT2D eigenvalue weighted by atomic mass is 10.2. The number of benzene rings is 2. The van der Waals surface area contributed by atoms with Crippen molar-refractivity contribution in [1.29, 1.82) is 0 Å². The summed E-state index contributed by atoms with van der Waals surface area (Å²) in [5.74, 6) is 0.0700. The number of hydrogen-bond acceptors (Lipinski definition) is 7. The summed E-state index contributed by atoms with van der Waals surface area (Å²) in [6.45, 7) is 9.41. The van der Waals surface area contributed by atoms with Crippen LogP contribution < -0.4 is 26.2 Å². The molecule has 0 fully saturated rings. The molecule has 36 heavy (non-hydrogen) atoms. The largest absolute Gasteiger partial charge is 0.630 e. The number of alkyl carbamates (subject to hydrolysis) is 1. The van der Waals surface area contributed by atoms with Gasteiger partial charge in [-0.15, -0.1) is 0 Å². The number of ether oxygens (including phenoxy) is 2. The van der Waals surface area contributed by atoms with Crippen LogP contribution in [0, 0.1) is 10.4 Å². The molecule has 0 saturated carbocycles. The number of nitrogens with zero attached hydrogens (tertiary/aromatic N) is 2. The average molecular weight is 521 g/mol. The summed E-state index contributed by atoms with van der Waals surface area (Å²) in [5.41, 5.74) is 0.332. The summed E-state index contributed by atoms with van der Waals surface area (Å²) in [5, 5.41) is 34.8. The second-order valence-electron chi connectivity index (χ2n) is 8.35. The molecule has 12 nitrogen and oxygen atoms in total. The molecule has 0 spiro atoms. The number of urea groups is 1. The molecule has 0 radical (unpaired) electrons. The first-order chi connectivity index (χ1) is 17.0. The van der Waals surface area contributed by atoms with Crippen LogP contribution in [-0.4, -0.2) is 35.7 Å². The van der Waals surface area contributed by atoms with Gasteiger partial charge in [-0.25, -0.2) is 9.59 Å². The lowest BCUT2D eigenvalue weighted by Crippen LogP contribution is -2.70. The lowest BCUT2D eigenvalue weighted by molar-refractivity contribution is -0.514. The first-order valence-corrected chi connectivity index (χ1v) is 11.3. The van der Waals surface area contributed by atoms with Crippen LogP contribution in [0.2, 0.25) is 5.02 Å². The quantitative estimate of drug-likeness (QED) is 0.120. The minimum absolute atomic E-state index is 0.00236. The van der Waals surface area contributed by atoms with Crippen molar-refractivity contribution in [3.05, 3.63) is 70.3 Å². The fourth-order valence-corrected chi connectivity index (χ4v) is 2.89. The Kier molecular flexibility index (Phi) is 10.5. The van der Waals surface area contributed by atoms with Crippen LogP contribution in [-0.2, 0) is 4.74 Å². The Balaban J connectivity index is 1.91. The molecule has 13 heteroatoms. The maximum atomic E-state index is 12.4. The molecule has 2 aromatic rings. The van der Waals surface area contributed by atoms with Crippen LogP contribution >= 0.6 is 11.6 Å². The fourth-order valence-electron chi connectivity index (χ4n) is 2.72. The van der Waals surface area contributed by atoms with Crippen molar-refractivity contribution in [3.8, 4) is 5.75 Å². The fraction of sp³-hybridized carbons (Fsp3) is 0.304. The second kappa shape index (κ2) is 13.3. The van der Waals surface area contributed by atoms with Crippen LogP contribution in [0.1, 0.15) is 27.2 Å². The van der Waals surface area contributed by atoms with Crippen LogP contribution in [0.5, 0.6) is 5.75 Å². The summed E-state index contributed by atoms with van der Waals surface area (Å²) in [7, 11) is 0. The number of halogens is 1. The number of azo groups is 1. The summed E-state index contributed by atoms with van der Waals surface area (Å²) in [4.78, 5) is 24.3. The summed E-state index contributed by atoms with van der Waals surface area (Å²) in [6.07, 6.45) is -0.0462. The van der Waals surface area contributed by atoms with Crippen LogP contribution in [0.25, 0.3) is 0 Å². The van der Waals surface area contributed by atoms with Gasteiger partial charge in [0.2, 0.25) is 5.69 Å².